The Hall–Kier alpha value is -3.10. The molecule has 0 saturated heterocycles. The van der Waals surface area contributed by atoms with Crippen molar-refractivity contribution >= 4 is 23.9 Å². The monoisotopic (exact) mass is 380 g/mol. The van der Waals surface area contributed by atoms with Gasteiger partial charge in [0.15, 0.2) is 0 Å². The van der Waals surface area contributed by atoms with Crippen LogP contribution >= 0.6 is 0 Å². The summed E-state index contributed by atoms with van der Waals surface area (Å²) in [5, 5.41) is 20.0. The van der Waals surface area contributed by atoms with E-state index >= 15 is 0 Å². The van der Waals surface area contributed by atoms with Crippen molar-refractivity contribution in [3.63, 3.8) is 0 Å². The van der Waals surface area contributed by atoms with Gasteiger partial charge in [0, 0.05) is 7.05 Å². The second-order valence-corrected chi connectivity index (χ2v) is 6.34. The van der Waals surface area contributed by atoms with Crippen LogP contribution in [0.15, 0.2) is 30.3 Å². The molecule has 0 fully saturated rings. The van der Waals surface area contributed by atoms with E-state index in [1.165, 1.54) is 7.05 Å². The van der Waals surface area contributed by atoms with E-state index < -0.39 is 42.4 Å². The van der Waals surface area contributed by atoms with Crippen LogP contribution in [0, 0.1) is 5.92 Å². The molecule has 0 bridgehead atoms. The van der Waals surface area contributed by atoms with Crippen molar-refractivity contribution in [2.75, 3.05) is 7.05 Å². The summed E-state index contributed by atoms with van der Waals surface area (Å²) in [4.78, 5) is 47.7. The smallest absolute Gasteiger partial charge is 0.410 e. The third-order valence-corrected chi connectivity index (χ3v) is 3.80. The molecule has 0 aromatic heterocycles. The van der Waals surface area contributed by atoms with E-state index in [-0.39, 0.29) is 12.5 Å². The second-order valence-electron chi connectivity index (χ2n) is 6.34. The molecule has 1 aromatic carbocycles. The van der Waals surface area contributed by atoms with Gasteiger partial charge in [0.25, 0.3) is 0 Å². The summed E-state index contributed by atoms with van der Waals surface area (Å²) < 4.78 is 5.18. The van der Waals surface area contributed by atoms with Crippen LogP contribution in [0.1, 0.15) is 25.8 Å². The number of rotatable bonds is 9. The fraction of sp³-hybridized carbons (Fsp3) is 0.444. The highest BCUT2D eigenvalue weighted by atomic mass is 16.6. The predicted octanol–water partition coefficient (Wildman–Crippen LogP) is 1.32. The van der Waals surface area contributed by atoms with Crippen LogP contribution in [0.5, 0.6) is 0 Å². The summed E-state index contributed by atoms with van der Waals surface area (Å²) in [5.74, 6) is -3.96. The Balaban J connectivity index is 2.79. The molecule has 9 heteroatoms. The third kappa shape index (κ3) is 6.96. The maximum absolute atomic E-state index is 12.5. The number of benzene rings is 1. The first-order chi connectivity index (χ1) is 12.6. The van der Waals surface area contributed by atoms with Crippen LogP contribution in [0.2, 0.25) is 0 Å². The lowest BCUT2D eigenvalue weighted by Gasteiger charge is -2.30. The first kappa shape index (κ1) is 21.9. The van der Waals surface area contributed by atoms with Crippen molar-refractivity contribution in [1.82, 2.24) is 10.2 Å². The zero-order valence-corrected chi connectivity index (χ0v) is 15.4. The Morgan fingerprint density at radius 2 is 1.70 bits per heavy atom. The van der Waals surface area contributed by atoms with Gasteiger partial charge in [-0.25, -0.2) is 9.59 Å². The summed E-state index contributed by atoms with van der Waals surface area (Å²) >= 11 is 0. The highest BCUT2D eigenvalue weighted by Crippen LogP contribution is 2.13. The number of carbonyl (C=O) groups excluding carboxylic acids is 2. The van der Waals surface area contributed by atoms with Gasteiger partial charge >= 0.3 is 18.0 Å². The third-order valence-electron chi connectivity index (χ3n) is 3.80. The lowest BCUT2D eigenvalue weighted by atomic mass is 10.0. The number of hydrogen-bond donors (Lipinski definition) is 3. The molecule has 0 radical (unpaired) electrons. The molecule has 0 aliphatic carbocycles. The molecular formula is C18H24N2O7. The maximum atomic E-state index is 12.5. The molecule has 1 aromatic rings. The molecule has 0 unspecified atom stereocenters. The largest absolute Gasteiger partial charge is 0.481 e. The van der Waals surface area contributed by atoms with Gasteiger partial charge < -0.3 is 20.3 Å². The number of aliphatic carboxylic acids is 2. The summed E-state index contributed by atoms with van der Waals surface area (Å²) in [6, 6.07) is 6.37. The number of likely N-dealkylation sites (N-methyl/N-ethyl adjacent to an activating group) is 1. The number of nitrogens with one attached hydrogen (secondary N) is 1. The summed E-state index contributed by atoms with van der Waals surface area (Å²) in [6.45, 7) is 3.38. The Bertz CT molecular complexity index is 676. The number of amides is 2. The van der Waals surface area contributed by atoms with Crippen molar-refractivity contribution in [2.45, 2.75) is 39.0 Å². The van der Waals surface area contributed by atoms with Gasteiger partial charge in [-0.2, -0.15) is 0 Å². The molecule has 27 heavy (non-hydrogen) atoms. The van der Waals surface area contributed by atoms with Crippen LogP contribution in [0.4, 0.5) is 4.79 Å². The molecule has 9 nitrogen and oxygen atoms in total. The number of carboxylic acids is 2. The number of hydrogen-bond acceptors (Lipinski definition) is 5. The van der Waals surface area contributed by atoms with Crippen LogP contribution in [0.3, 0.4) is 0 Å². The molecule has 3 N–H and O–H groups in total. The fourth-order valence-corrected chi connectivity index (χ4v) is 2.49. The highest BCUT2D eigenvalue weighted by Gasteiger charge is 2.34. The van der Waals surface area contributed by atoms with Gasteiger partial charge in [-0.3, -0.25) is 14.5 Å². The normalized spacial score (nSPS) is 12.7. The zero-order chi connectivity index (χ0) is 20.6. The second kappa shape index (κ2) is 10.1. The van der Waals surface area contributed by atoms with Crippen LogP contribution in [0.25, 0.3) is 0 Å². The maximum Gasteiger partial charge on any atom is 0.410 e. The topological polar surface area (TPSA) is 133 Å². The van der Waals surface area contributed by atoms with Crippen molar-refractivity contribution < 1.29 is 34.1 Å². The van der Waals surface area contributed by atoms with Gasteiger partial charge in [0.05, 0.1) is 6.42 Å². The molecule has 148 valence electrons. The van der Waals surface area contributed by atoms with E-state index in [0.717, 1.165) is 10.5 Å². The van der Waals surface area contributed by atoms with E-state index in [4.69, 9.17) is 14.9 Å². The number of carboxylic acid groups (broad SMARTS) is 2. The molecule has 0 aliphatic rings. The van der Waals surface area contributed by atoms with Gasteiger partial charge in [0.1, 0.15) is 18.7 Å². The van der Waals surface area contributed by atoms with E-state index in [1.54, 1.807) is 38.1 Å². The minimum Gasteiger partial charge on any atom is -0.481 e. The average Bonchev–Trinajstić information content (AvgIpc) is 2.59. The van der Waals surface area contributed by atoms with E-state index in [1.807, 2.05) is 6.07 Å². The zero-order valence-electron chi connectivity index (χ0n) is 15.4. The van der Waals surface area contributed by atoms with Crippen LogP contribution in [-0.4, -0.2) is 58.2 Å². The lowest BCUT2D eigenvalue weighted by molar-refractivity contribution is -0.147. The van der Waals surface area contributed by atoms with E-state index in [0.29, 0.717) is 0 Å². The minimum absolute atomic E-state index is 0.0210. The summed E-state index contributed by atoms with van der Waals surface area (Å²) in [5.41, 5.74) is 0.775. The Labute approximate surface area is 156 Å². The molecule has 0 saturated carbocycles. The van der Waals surface area contributed by atoms with Crippen molar-refractivity contribution in [1.29, 1.82) is 0 Å². The predicted molar refractivity (Wildman–Crippen MR) is 94.8 cm³/mol. The molecule has 2 amide bonds. The number of ether oxygens (including phenoxy) is 1. The Morgan fingerprint density at radius 3 is 2.19 bits per heavy atom. The highest BCUT2D eigenvalue weighted by molar-refractivity contribution is 5.91. The lowest BCUT2D eigenvalue weighted by Crippen LogP contribution is -2.54. The van der Waals surface area contributed by atoms with E-state index in [9.17, 15) is 19.2 Å². The van der Waals surface area contributed by atoms with Crippen molar-refractivity contribution in [3.05, 3.63) is 35.9 Å². The summed E-state index contributed by atoms with van der Waals surface area (Å²) in [6.07, 6.45) is -1.52. The van der Waals surface area contributed by atoms with Gasteiger partial charge in [-0.15, -0.1) is 0 Å². The number of carbonyl (C=O) groups is 4. The SMILES string of the molecule is CC(C)[C@@H](C(=O)N[C@@H](CC(=O)O)C(=O)O)N(C)C(=O)OCc1ccccc1. The van der Waals surface area contributed by atoms with Crippen molar-refractivity contribution in [3.8, 4) is 0 Å². The Kier molecular flexibility index (Phi) is 8.25. The molecule has 0 heterocycles. The average molecular weight is 380 g/mol. The number of nitrogens with zero attached hydrogens (tertiary/aromatic N) is 1. The first-order valence-corrected chi connectivity index (χ1v) is 8.32. The first-order valence-electron chi connectivity index (χ1n) is 8.32. The molecular weight excluding hydrogens is 356 g/mol. The van der Waals surface area contributed by atoms with E-state index in [2.05, 4.69) is 5.32 Å². The standard InChI is InChI=1S/C18H24N2O7/c1-11(2)15(16(23)19-13(17(24)25)9-14(21)22)20(3)18(26)27-10-12-7-5-4-6-8-12/h4-8,11,13,15H,9-10H2,1-3H3,(H,19,23)(H,21,22)(H,24,25)/t13-,15-/m0/s1. The minimum atomic E-state index is -1.59. The van der Waals surface area contributed by atoms with Crippen LogP contribution in [-0.2, 0) is 25.7 Å². The van der Waals surface area contributed by atoms with Gasteiger partial charge in [0.2, 0.25) is 5.91 Å². The van der Waals surface area contributed by atoms with Crippen molar-refractivity contribution in [2.24, 2.45) is 5.92 Å². The molecule has 0 aliphatic heterocycles. The fourth-order valence-electron chi connectivity index (χ4n) is 2.49. The molecule has 0 spiro atoms. The molecule has 2 atom stereocenters. The quantitative estimate of drug-likeness (QED) is 0.588. The van der Waals surface area contributed by atoms with Gasteiger partial charge in [-0.1, -0.05) is 44.2 Å². The van der Waals surface area contributed by atoms with Crippen LogP contribution < -0.4 is 5.32 Å². The van der Waals surface area contributed by atoms with Gasteiger partial charge in [-0.05, 0) is 11.5 Å². The molecule has 1 rings (SSSR count). The Morgan fingerprint density at radius 1 is 1.11 bits per heavy atom. The summed E-state index contributed by atoms with van der Waals surface area (Å²) in [7, 11) is 1.37.